The van der Waals surface area contributed by atoms with Crippen molar-refractivity contribution in [2.45, 2.75) is 64.9 Å². The van der Waals surface area contributed by atoms with E-state index in [-0.39, 0.29) is 5.60 Å². The number of aromatic nitrogens is 1. The summed E-state index contributed by atoms with van der Waals surface area (Å²) < 4.78 is 5.99. The first-order valence-corrected chi connectivity index (χ1v) is 8.81. The Balaban J connectivity index is 2.24. The lowest BCUT2D eigenvalue weighted by molar-refractivity contribution is -0.0325. The van der Waals surface area contributed by atoms with Gasteiger partial charge in [0.15, 0.2) is 0 Å². The van der Waals surface area contributed by atoms with Crippen LogP contribution in [0, 0.1) is 0 Å². The lowest BCUT2D eigenvalue weighted by Gasteiger charge is -2.25. The van der Waals surface area contributed by atoms with E-state index in [9.17, 15) is 0 Å². The highest BCUT2D eigenvalue weighted by molar-refractivity contribution is 7.11. The molecule has 0 aliphatic heterocycles. The van der Waals surface area contributed by atoms with Gasteiger partial charge in [-0.3, -0.25) is 0 Å². The Morgan fingerprint density at radius 1 is 1.40 bits per heavy atom. The molecule has 114 valence electrons. The van der Waals surface area contributed by atoms with Crippen LogP contribution < -0.4 is 5.32 Å². The molecule has 0 saturated heterocycles. The largest absolute Gasteiger partial charge is 0.368 e. The van der Waals surface area contributed by atoms with Crippen molar-refractivity contribution in [3.05, 3.63) is 15.6 Å². The maximum atomic E-state index is 5.99. The van der Waals surface area contributed by atoms with E-state index in [0.29, 0.717) is 5.92 Å². The van der Waals surface area contributed by atoms with Crippen molar-refractivity contribution in [1.29, 1.82) is 0 Å². The summed E-state index contributed by atoms with van der Waals surface area (Å²) in [5, 5.41) is 4.66. The van der Waals surface area contributed by atoms with Crippen LogP contribution in [-0.4, -0.2) is 24.7 Å². The van der Waals surface area contributed by atoms with Crippen molar-refractivity contribution in [2.75, 3.05) is 19.7 Å². The van der Waals surface area contributed by atoms with Crippen molar-refractivity contribution in [1.82, 2.24) is 10.3 Å². The van der Waals surface area contributed by atoms with Crippen LogP contribution in [0.3, 0.4) is 0 Å². The summed E-state index contributed by atoms with van der Waals surface area (Å²) in [5.41, 5.74) is 1.14. The number of ether oxygens (including phenoxy) is 1. The maximum absolute atomic E-state index is 5.99. The topological polar surface area (TPSA) is 34.1 Å². The summed E-state index contributed by atoms with van der Waals surface area (Å²) in [4.78, 5) is 6.49. The van der Waals surface area contributed by atoms with Crippen LogP contribution in [0.4, 0.5) is 0 Å². The van der Waals surface area contributed by atoms with Gasteiger partial charge in [0.05, 0.1) is 5.69 Å². The number of fused-ring (bicyclic) bond motifs is 1. The van der Waals surface area contributed by atoms with E-state index in [2.05, 4.69) is 33.0 Å². The van der Waals surface area contributed by atoms with E-state index in [1.54, 1.807) is 0 Å². The molecular weight excluding hydrogens is 268 g/mol. The number of thiazole rings is 1. The number of hydrogen-bond acceptors (Lipinski definition) is 4. The van der Waals surface area contributed by atoms with Gasteiger partial charge in [-0.25, -0.2) is 4.98 Å². The van der Waals surface area contributed by atoms with Crippen LogP contribution in [0.2, 0.25) is 0 Å². The summed E-state index contributed by atoms with van der Waals surface area (Å²) in [6.45, 7) is 11.4. The van der Waals surface area contributed by atoms with Crippen LogP contribution in [0.15, 0.2) is 0 Å². The van der Waals surface area contributed by atoms with E-state index in [1.165, 1.54) is 34.8 Å². The number of hydrogen-bond donors (Lipinski definition) is 1. The van der Waals surface area contributed by atoms with Crippen molar-refractivity contribution in [2.24, 2.45) is 0 Å². The van der Waals surface area contributed by atoms with Gasteiger partial charge in [0.1, 0.15) is 10.6 Å². The molecule has 1 aromatic rings. The lowest BCUT2D eigenvalue weighted by atomic mass is 9.91. The lowest BCUT2D eigenvalue weighted by Crippen LogP contribution is -2.26. The maximum Gasteiger partial charge on any atom is 0.125 e. The standard InChI is InChI=1S/C16H28N2OS/c1-5-16(4,19-7-3)15-18-14-12(11-17-6-2)9-8-10-13(14)20-15/h12,17H,5-11H2,1-4H3. The van der Waals surface area contributed by atoms with Gasteiger partial charge in [-0.2, -0.15) is 0 Å². The number of nitrogens with zero attached hydrogens (tertiary/aromatic N) is 1. The number of nitrogens with one attached hydrogen (secondary N) is 1. The monoisotopic (exact) mass is 296 g/mol. The number of rotatable bonds is 7. The zero-order valence-electron chi connectivity index (χ0n) is 13.3. The van der Waals surface area contributed by atoms with Crippen LogP contribution in [0.1, 0.15) is 68.5 Å². The molecule has 1 aromatic heterocycles. The van der Waals surface area contributed by atoms with Gasteiger partial charge in [0.2, 0.25) is 0 Å². The van der Waals surface area contributed by atoms with Gasteiger partial charge >= 0.3 is 0 Å². The molecule has 2 atom stereocenters. The van der Waals surface area contributed by atoms with Crippen LogP contribution in [-0.2, 0) is 16.8 Å². The second-order valence-corrected chi connectivity index (χ2v) is 6.83. The molecule has 0 saturated carbocycles. The Kier molecular flexibility index (Phi) is 5.58. The molecule has 1 aliphatic carbocycles. The first-order chi connectivity index (χ1) is 9.64. The Labute approximate surface area is 127 Å². The molecule has 0 radical (unpaired) electrons. The Morgan fingerprint density at radius 2 is 2.20 bits per heavy atom. The van der Waals surface area contributed by atoms with Crippen LogP contribution in [0.25, 0.3) is 0 Å². The van der Waals surface area contributed by atoms with Crippen LogP contribution in [0.5, 0.6) is 0 Å². The van der Waals surface area contributed by atoms with E-state index < -0.39 is 0 Å². The van der Waals surface area contributed by atoms with Crippen molar-refractivity contribution in [3.8, 4) is 0 Å². The Morgan fingerprint density at radius 3 is 2.85 bits per heavy atom. The first-order valence-electron chi connectivity index (χ1n) is 7.99. The number of aryl methyl sites for hydroxylation is 1. The van der Waals surface area contributed by atoms with Gasteiger partial charge in [-0.1, -0.05) is 13.8 Å². The minimum absolute atomic E-state index is 0.209. The SMILES string of the molecule is CCNCC1CCCc2sc(C(C)(CC)OCC)nc21. The molecular formula is C16H28N2OS. The fraction of sp³-hybridized carbons (Fsp3) is 0.812. The molecule has 3 nitrogen and oxygen atoms in total. The summed E-state index contributed by atoms with van der Waals surface area (Å²) in [7, 11) is 0. The average Bonchev–Trinajstić information content (AvgIpc) is 2.90. The van der Waals surface area contributed by atoms with Gasteiger partial charge in [0, 0.05) is 23.9 Å². The highest BCUT2D eigenvalue weighted by Gasteiger charge is 2.33. The predicted molar refractivity (Wildman–Crippen MR) is 85.6 cm³/mol. The number of likely N-dealkylation sites (N-methyl/N-ethyl adjacent to an activating group) is 1. The molecule has 2 rings (SSSR count). The molecule has 20 heavy (non-hydrogen) atoms. The third-order valence-corrected chi connectivity index (χ3v) is 5.68. The minimum atomic E-state index is -0.209. The highest BCUT2D eigenvalue weighted by atomic mass is 32.1. The Bertz CT molecular complexity index is 432. The third-order valence-electron chi connectivity index (χ3n) is 4.30. The van der Waals surface area contributed by atoms with E-state index in [1.807, 2.05) is 11.3 Å². The molecule has 0 bridgehead atoms. The zero-order chi connectivity index (χ0) is 14.6. The van der Waals surface area contributed by atoms with Gasteiger partial charge in [-0.15, -0.1) is 11.3 Å². The molecule has 0 fully saturated rings. The van der Waals surface area contributed by atoms with Gasteiger partial charge in [0.25, 0.3) is 0 Å². The first kappa shape index (κ1) is 15.9. The van der Waals surface area contributed by atoms with Crippen molar-refractivity contribution in [3.63, 3.8) is 0 Å². The molecule has 0 spiro atoms. The molecule has 2 unspecified atom stereocenters. The zero-order valence-corrected chi connectivity index (χ0v) is 14.1. The molecule has 1 heterocycles. The molecule has 0 aromatic carbocycles. The smallest absolute Gasteiger partial charge is 0.125 e. The quantitative estimate of drug-likeness (QED) is 0.830. The third kappa shape index (κ3) is 3.23. The van der Waals surface area contributed by atoms with Crippen LogP contribution >= 0.6 is 11.3 Å². The van der Waals surface area contributed by atoms with E-state index in [0.717, 1.165) is 26.1 Å². The second kappa shape index (κ2) is 7.01. The minimum Gasteiger partial charge on any atom is -0.368 e. The second-order valence-electron chi connectivity index (χ2n) is 5.74. The van der Waals surface area contributed by atoms with E-state index in [4.69, 9.17) is 9.72 Å². The predicted octanol–water partition coefficient (Wildman–Crippen LogP) is 3.83. The van der Waals surface area contributed by atoms with Gasteiger partial charge in [-0.05, 0) is 46.1 Å². The van der Waals surface area contributed by atoms with E-state index >= 15 is 0 Å². The summed E-state index contributed by atoms with van der Waals surface area (Å²) >= 11 is 1.88. The van der Waals surface area contributed by atoms with Gasteiger partial charge < -0.3 is 10.1 Å². The van der Waals surface area contributed by atoms with Crippen molar-refractivity contribution < 1.29 is 4.74 Å². The molecule has 1 N–H and O–H groups in total. The van der Waals surface area contributed by atoms with Crippen molar-refractivity contribution >= 4 is 11.3 Å². The summed E-state index contributed by atoms with van der Waals surface area (Å²) in [5.74, 6) is 0.589. The summed E-state index contributed by atoms with van der Waals surface area (Å²) in [6.07, 6.45) is 4.73. The fourth-order valence-corrected chi connectivity index (χ4v) is 4.24. The molecule has 1 aliphatic rings. The Hall–Kier alpha value is -0.450. The highest BCUT2D eigenvalue weighted by Crippen LogP contribution is 2.40. The molecule has 0 amide bonds. The molecule has 4 heteroatoms. The average molecular weight is 296 g/mol. The normalized spacial score (nSPS) is 21.5. The fourth-order valence-electron chi connectivity index (χ4n) is 2.88. The summed E-state index contributed by atoms with van der Waals surface area (Å²) in [6, 6.07) is 0.